The number of H-pyrrole nitrogens is 1. The van der Waals surface area contributed by atoms with Gasteiger partial charge in [-0.3, -0.25) is 9.59 Å². The summed E-state index contributed by atoms with van der Waals surface area (Å²) in [6.07, 6.45) is 6.06. The molecule has 0 atom stereocenters. The van der Waals surface area contributed by atoms with Gasteiger partial charge in [-0.1, -0.05) is 30.0 Å². The zero-order chi connectivity index (χ0) is 19.2. The van der Waals surface area contributed by atoms with Crippen LogP contribution < -0.4 is 10.9 Å². The van der Waals surface area contributed by atoms with Gasteiger partial charge >= 0.3 is 0 Å². The Morgan fingerprint density at radius 3 is 2.78 bits per heavy atom. The molecule has 2 N–H and O–H groups in total. The van der Waals surface area contributed by atoms with E-state index in [-0.39, 0.29) is 17.9 Å². The Bertz CT molecular complexity index is 981. The summed E-state index contributed by atoms with van der Waals surface area (Å²) in [5.41, 5.74) is 2.92. The smallest absolute Gasteiger partial charge is 0.254 e. The van der Waals surface area contributed by atoms with Crippen molar-refractivity contribution in [2.24, 2.45) is 0 Å². The molecule has 7 nitrogen and oxygen atoms in total. The molecule has 0 spiro atoms. The molecule has 0 aliphatic carbocycles. The van der Waals surface area contributed by atoms with Crippen molar-refractivity contribution < 1.29 is 4.79 Å². The SMILES string of the molecule is CSc1nc(C)c(CCC(=O)NCc2cnn(-c3ccccc3)c2)c(=O)[nH]1. The van der Waals surface area contributed by atoms with Crippen LogP contribution >= 0.6 is 11.8 Å². The van der Waals surface area contributed by atoms with E-state index in [1.165, 1.54) is 11.8 Å². The van der Waals surface area contributed by atoms with Crippen LogP contribution in [0.3, 0.4) is 0 Å². The average molecular weight is 383 g/mol. The third kappa shape index (κ3) is 4.85. The van der Waals surface area contributed by atoms with Crippen LogP contribution in [-0.4, -0.2) is 31.9 Å². The van der Waals surface area contributed by atoms with Crippen LogP contribution in [0, 0.1) is 6.92 Å². The normalized spacial score (nSPS) is 10.7. The van der Waals surface area contributed by atoms with Crippen molar-refractivity contribution in [3.8, 4) is 5.69 Å². The highest BCUT2D eigenvalue weighted by Crippen LogP contribution is 2.10. The van der Waals surface area contributed by atoms with Gasteiger partial charge in [0.25, 0.3) is 5.56 Å². The average Bonchev–Trinajstić information content (AvgIpc) is 3.15. The van der Waals surface area contributed by atoms with E-state index in [0.29, 0.717) is 29.4 Å². The van der Waals surface area contributed by atoms with E-state index in [1.54, 1.807) is 17.8 Å². The molecule has 140 valence electrons. The summed E-state index contributed by atoms with van der Waals surface area (Å²) in [4.78, 5) is 31.3. The summed E-state index contributed by atoms with van der Waals surface area (Å²) in [6, 6.07) is 9.77. The van der Waals surface area contributed by atoms with Crippen LogP contribution in [0.15, 0.2) is 52.7 Å². The minimum absolute atomic E-state index is 0.116. The molecule has 0 saturated carbocycles. The number of aromatic amines is 1. The van der Waals surface area contributed by atoms with Crippen LogP contribution in [-0.2, 0) is 17.8 Å². The number of para-hydroxylation sites is 1. The maximum atomic E-state index is 12.1. The molecule has 8 heteroatoms. The van der Waals surface area contributed by atoms with Gasteiger partial charge in [-0.25, -0.2) is 9.67 Å². The molecule has 3 aromatic rings. The first-order chi connectivity index (χ1) is 13.1. The number of benzene rings is 1. The molecule has 2 heterocycles. The monoisotopic (exact) mass is 383 g/mol. The van der Waals surface area contributed by atoms with Gasteiger partial charge in [0.1, 0.15) is 0 Å². The molecular formula is C19H21N5O2S. The Hall–Kier alpha value is -2.87. The molecule has 0 aliphatic heterocycles. The zero-order valence-corrected chi connectivity index (χ0v) is 16.0. The highest BCUT2D eigenvalue weighted by molar-refractivity contribution is 7.98. The van der Waals surface area contributed by atoms with E-state index >= 15 is 0 Å². The molecule has 0 fully saturated rings. The van der Waals surface area contributed by atoms with Crippen LogP contribution in [0.4, 0.5) is 0 Å². The second kappa shape index (κ2) is 8.68. The van der Waals surface area contributed by atoms with E-state index in [0.717, 1.165) is 11.3 Å². The van der Waals surface area contributed by atoms with Crippen molar-refractivity contribution in [2.45, 2.75) is 31.5 Å². The van der Waals surface area contributed by atoms with Gasteiger partial charge in [-0.2, -0.15) is 5.10 Å². The number of rotatable bonds is 7. The predicted octanol–water partition coefficient (Wildman–Crippen LogP) is 2.23. The van der Waals surface area contributed by atoms with Crippen LogP contribution in [0.1, 0.15) is 23.2 Å². The fourth-order valence-corrected chi connectivity index (χ4v) is 3.10. The van der Waals surface area contributed by atoms with Crippen molar-refractivity contribution in [2.75, 3.05) is 6.26 Å². The van der Waals surface area contributed by atoms with Crippen molar-refractivity contribution in [3.05, 3.63) is 69.9 Å². The molecule has 0 bridgehead atoms. The van der Waals surface area contributed by atoms with Crippen molar-refractivity contribution in [3.63, 3.8) is 0 Å². The molecule has 0 saturated heterocycles. The summed E-state index contributed by atoms with van der Waals surface area (Å²) < 4.78 is 1.77. The van der Waals surface area contributed by atoms with E-state index in [1.807, 2.05) is 42.8 Å². The minimum atomic E-state index is -0.177. The number of hydrogen-bond donors (Lipinski definition) is 2. The van der Waals surface area contributed by atoms with E-state index in [2.05, 4.69) is 20.4 Å². The van der Waals surface area contributed by atoms with E-state index in [4.69, 9.17) is 0 Å². The summed E-state index contributed by atoms with van der Waals surface area (Å²) in [5.74, 6) is -0.116. The number of thioether (sulfide) groups is 1. The number of nitrogens with one attached hydrogen (secondary N) is 2. The lowest BCUT2D eigenvalue weighted by molar-refractivity contribution is -0.121. The summed E-state index contributed by atoms with van der Waals surface area (Å²) in [5, 5.41) is 7.76. The maximum Gasteiger partial charge on any atom is 0.254 e. The second-order valence-electron chi connectivity index (χ2n) is 6.04. The molecular weight excluding hydrogens is 362 g/mol. The number of carbonyl (C=O) groups excluding carboxylic acids is 1. The lowest BCUT2D eigenvalue weighted by atomic mass is 10.1. The Labute approximate surface area is 161 Å². The van der Waals surface area contributed by atoms with Gasteiger partial charge in [0.05, 0.1) is 11.9 Å². The molecule has 3 rings (SSSR count). The molecule has 0 aliphatic rings. The molecule has 1 aromatic carbocycles. The summed E-state index contributed by atoms with van der Waals surface area (Å²) in [6.45, 7) is 2.19. The lowest BCUT2D eigenvalue weighted by Crippen LogP contribution is -2.25. The van der Waals surface area contributed by atoms with Gasteiger partial charge in [0, 0.05) is 36.0 Å². The largest absolute Gasteiger partial charge is 0.352 e. The number of aryl methyl sites for hydroxylation is 1. The Morgan fingerprint density at radius 2 is 2.07 bits per heavy atom. The van der Waals surface area contributed by atoms with E-state index in [9.17, 15) is 9.59 Å². The standard InChI is InChI=1S/C19H21N5O2S/c1-13-16(18(26)23-19(22-13)27-2)8-9-17(25)20-10-14-11-21-24(12-14)15-6-4-3-5-7-15/h3-7,11-12H,8-10H2,1-2H3,(H,20,25)(H,22,23,26). The van der Waals surface area contributed by atoms with E-state index < -0.39 is 0 Å². The topological polar surface area (TPSA) is 92.7 Å². The minimum Gasteiger partial charge on any atom is -0.352 e. The second-order valence-corrected chi connectivity index (χ2v) is 6.84. The van der Waals surface area contributed by atoms with Crippen molar-refractivity contribution in [1.29, 1.82) is 0 Å². The summed E-state index contributed by atoms with van der Waals surface area (Å²) >= 11 is 1.38. The molecule has 2 aromatic heterocycles. The molecule has 1 amide bonds. The van der Waals surface area contributed by atoms with Gasteiger partial charge in [-0.15, -0.1) is 0 Å². The number of amides is 1. The van der Waals surface area contributed by atoms with Crippen LogP contribution in [0.25, 0.3) is 5.69 Å². The quantitative estimate of drug-likeness (QED) is 0.482. The lowest BCUT2D eigenvalue weighted by Gasteiger charge is -2.06. The fraction of sp³-hybridized carbons (Fsp3) is 0.263. The fourth-order valence-electron chi connectivity index (χ4n) is 2.68. The first kappa shape index (κ1) is 18.9. The summed E-state index contributed by atoms with van der Waals surface area (Å²) in [7, 11) is 0. The Kier molecular flexibility index (Phi) is 6.08. The van der Waals surface area contributed by atoms with Crippen molar-refractivity contribution >= 4 is 17.7 Å². The van der Waals surface area contributed by atoms with Gasteiger partial charge in [0.2, 0.25) is 5.91 Å². The van der Waals surface area contributed by atoms with Crippen molar-refractivity contribution in [1.82, 2.24) is 25.1 Å². The maximum absolute atomic E-state index is 12.1. The Morgan fingerprint density at radius 1 is 1.30 bits per heavy atom. The highest BCUT2D eigenvalue weighted by Gasteiger charge is 2.11. The number of nitrogens with zero attached hydrogens (tertiary/aromatic N) is 3. The third-order valence-electron chi connectivity index (χ3n) is 4.14. The predicted molar refractivity (Wildman–Crippen MR) is 105 cm³/mol. The molecule has 0 radical (unpaired) electrons. The zero-order valence-electron chi connectivity index (χ0n) is 15.2. The van der Waals surface area contributed by atoms with Gasteiger partial charge in [-0.05, 0) is 31.7 Å². The number of hydrogen-bond acceptors (Lipinski definition) is 5. The Balaban J connectivity index is 1.54. The van der Waals surface area contributed by atoms with Gasteiger partial charge in [0.15, 0.2) is 5.16 Å². The van der Waals surface area contributed by atoms with Gasteiger partial charge < -0.3 is 10.3 Å². The first-order valence-electron chi connectivity index (χ1n) is 8.56. The highest BCUT2D eigenvalue weighted by atomic mass is 32.2. The first-order valence-corrected chi connectivity index (χ1v) is 9.78. The third-order valence-corrected chi connectivity index (χ3v) is 4.72. The van der Waals surface area contributed by atoms with Crippen LogP contribution in [0.5, 0.6) is 0 Å². The number of aromatic nitrogens is 4. The molecule has 0 unspecified atom stereocenters. The van der Waals surface area contributed by atoms with Crippen LogP contribution in [0.2, 0.25) is 0 Å². The number of carbonyl (C=O) groups is 1. The molecule has 27 heavy (non-hydrogen) atoms.